The van der Waals surface area contributed by atoms with Crippen molar-refractivity contribution in [3.05, 3.63) is 12.2 Å². The van der Waals surface area contributed by atoms with Gasteiger partial charge in [-0.25, -0.2) is 0 Å². The molecule has 16 heavy (non-hydrogen) atoms. The SMILES string of the molecule is CCCC/C=C/C1C(C(=O)OCC)C1(C)C. The van der Waals surface area contributed by atoms with E-state index >= 15 is 0 Å². The number of unbranched alkanes of at least 4 members (excludes halogenated alkanes) is 2. The lowest BCUT2D eigenvalue weighted by molar-refractivity contribution is -0.145. The van der Waals surface area contributed by atoms with Crippen molar-refractivity contribution in [2.24, 2.45) is 17.3 Å². The van der Waals surface area contributed by atoms with Gasteiger partial charge < -0.3 is 4.74 Å². The number of carbonyl (C=O) groups is 1. The molecule has 2 nitrogen and oxygen atoms in total. The Bertz CT molecular complexity index is 266. The fraction of sp³-hybridized carbons (Fsp3) is 0.786. The van der Waals surface area contributed by atoms with Crippen molar-refractivity contribution < 1.29 is 9.53 Å². The zero-order chi connectivity index (χ0) is 12.2. The van der Waals surface area contributed by atoms with Crippen LogP contribution in [0.4, 0.5) is 0 Å². The summed E-state index contributed by atoms with van der Waals surface area (Å²) >= 11 is 0. The largest absolute Gasteiger partial charge is 0.466 e. The third-order valence-electron chi connectivity index (χ3n) is 3.52. The lowest BCUT2D eigenvalue weighted by atomic mass is 10.1. The summed E-state index contributed by atoms with van der Waals surface area (Å²) in [6.45, 7) is 8.82. The van der Waals surface area contributed by atoms with Gasteiger partial charge >= 0.3 is 5.97 Å². The monoisotopic (exact) mass is 224 g/mol. The second-order valence-electron chi connectivity index (χ2n) is 5.15. The first-order chi connectivity index (χ1) is 7.55. The highest BCUT2D eigenvalue weighted by molar-refractivity contribution is 5.78. The van der Waals surface area contributed by atoms with Crippen LogP contribution in [0.15, 0.2) is 12.2 Å². The summed E-state index contributed by atoms with van der Waals surface area (Å²) in [5.74, 6) is 0.423. The molecule has 2 heteroatoms. The first-order valence-electron chi connectivity index (χ1n) is 6.39. The smallest absolute Gasteiger partial charge is 0.310 e. The lowest BCUT2D eigenvalue weighted by Gasteiger charge is -2.01. The second kappa shape index (κ2) is 5.51. The molecule has 0 radical (unpaired) electrons. The minimum absolute atomic E-state index is 0.0300. The van der Waals surface area contributed by atoms with Gasteiger partial charge in [0.05, 0.1) is 12.5 Å². The molecule has 1 rings (SSSR count). The molecule has 0 aromatic heterocycles. The average molecular weight is 224 g/mol. The molecule has 1 fully saturated rings. The van der Waals surface area contributed by atoms with E-state index in [-0.39, 0.29) is 17.3 Å². The molecule has 1 aliphatic carbocycles. The average Bonchev–Trinajstić information content (AvgIpc) is 2.76. The van der Waals surface area contributed by atoms with Crippen molar-refractivity contribution in [3.8, 4) is 0 Å². The molecular weight excluding hydrogens is 200 g/mol. The number of carbonyl (C=O) groups excluding carboxylic acids is 1. The van der Waals surface area contributed by atoms with E-state index in [1.54, 1.807) is 0 Å². The highest BCUT2D eigenvalue weighted by Crippen LogP contribution is 2.59. The first-order valence-corrected chi connectivity index (χ1v) is 6.39. The van der Waals surface area contributed by atoms with Gasteiger partial charge in [0.25, 0.3) is 0 Å². The molecule has 1 aliphatic rings. The van der Waals surface area contributed by atoms with E-state index in [4.69, 9.17) is 4.74 Å². The standard InChI is InChI=1S/C14H24O2/c1-5-7-8-9-10-11-12(14(11,3)4)13(15)16-6-2/h9-12H,5-8H2,1-4H3/b10-9+. The number of allylic oxidation sites excluding steroid dienone is 2. The predicted molar refractivity (Wildman–Crippen MR) is 66.1 cm³/mol. The second-order valence-corrected chi connectivity index (χ2v) is 5.15. The highest BCUT2D eigenvalue weighted by atomic mass is 16.5. The molecule has 0 heterocycles. The molecule has 0 aromatic carbocycles. The van der Waals surface area contributed by atoms with Crippen LogP contribution in [-0.2, 0) is 9.53 Å². The minimum Gasteiger partial charge on any atom is -0.466 e. The zero-order valence-corrected chi connectivity index (χ0v) is 11.0. The van der Waals surface area contributed by atoms with Gasteiger partial charge in [0.15, 0.2) is 0 Å². The van der Waals surface area contributed by atoms with E-state index in [1.807, 2.05) is 6.92 Å². The third kappa shape index (κ3) is 2.87. The maximum atomic E-state index is 11.7. The van der Waals surface area contributed by atoms with E-state index in [0.29, 0.717) is 12.5 Å². The molecule has 1 saturated carbocycles. The Hall–Kier alpha value is -0.790. The van der Waals surface area contributed by atoms with Crippen LogP contribution in [0.2, 0.25) is 0 Å². The Balaban J connectivity index is 2.44. The van der Waals surface area contributed by atoms with Gasteiger partial charge in [-0.2, -0.15) is 0 Å². The normalized spacial score (nSPS) is 27.0. The molecule has 0 N–H and O–H groups in total. The van der Waals surface area contributed by atoms with Gasteiger partial charge in [-0.3, -0.25) is 4.79 Å². The molecule has 2 unspecified atom stereocenters. The Kier molecular flexibility index (Phi) is 4.57. The van der Waals surface area contributed by atoms with Crippen LogP contribution < -0.4 is 0 Å². The van der Waals surface area contributed by atoms with E-state index in [1.165, 1.54) is 12.8 Å². The van der Waals surface area contributed by atoms with Crippen LogP contribution in [0.1, 0.15) is 47.0 Å². The lowest BCUT2D eigenvalue weighted by Crippen LogP contribution is -2.10. The maximum absolute atomic E-state index is 11.7. The van der Waals surface area contributed by atoms with Gasteiger partial charge in [0.1, 0.15) is 0 Å². The minimum atomic E-state index is -0.0300. The molecule has 2 atom stereocenters. The molecule has 0 spiro atoms. The van der Waals surface area contributed by atoms with Crippen molar-refractivity contribution >= 4 is 5.97 Å². The summed E-state index contributed by atoms with van der Waals surface area (Å²) in [7, 11) is 0. The fourth-order valence-electron chi connectivity index (χ4n) is 2.28. The van der Waals surface area contributed by atoms with Crippen molar-refractivity contribution in [2.75, 3.05) is 6.61 Å². The Morgan fingerprint density at radius 2 is 2.06 bits per heavy atom. The summed E-state index contributed by atoms with van der Waals surface area (Å²) < 4.78 is 5.09. The number of esters is 1. The van der Waals surface area contributed by atoms with E-state index in [0.717, 1.165) is 6.42 Å². The molecular formula is C14H24O2. The summed E-state index contributed by atoms with van der Waals surface area (Å²) in [5, 5.41) is 0. The van der Waals surface area contributed by atoms with Crippen molar-refractivity contribution in [1.29, 1.82) is 0 Å². The van der Waals surface area contributed by atoms with Gasteiger partial charge in [-0.05, 0) is 24.7 Å². The van der Waals surface area contributed by atoms with Gasteiger partial charge in [-0.15, -0.1) is 0 Å². The fourth-order valence-corrected chi connectivity index (χ4v) is 2.28. The van der Waals surface area contributed by atoms with Crippen LogP contribution >= 0.6 is 0 Å². The van der Waals surface area contributed by atoms with Crippen molar-refractivity contribution in [1.82, 2.24) is 0 Å². The molecule has 0 aromatic rings. The van der Waals surface area contributed by atoms with E-state index in [9.17, 15) is 4.79 Å². The van der Waals surface area contributed by atoms with Crippen molar-refractivity contribution in [3.63, 3.8) is 0 Å². The highest BCUT2D eigenvalue weighted by Gasteiger charge is 2.61. The van der Waals surface area contributed by atoms with Crippen molar-refractivity contribution in [2.45, 2.75) is 47.0 Å². The summed E-state index contributed by atoms with van der Waals surface area (Å²) in [6.07, 6.45) is 8.00. The predicted octanol–water partition coefficient (Wildman–Crippen LogP) is 3.57. The van der Waals surface area contributed by atoms with Gasteiger partial charge in [0, 0.05) is 0 Å². The molecule has 92 valence electrons. The van der Waals surface area contributed by atoms with E-state index in [2.05, 4.69) is 32.9 Å². The van der Waals surface area contributed by atoms with E-state index < -0.39 is 0 Å². The molecule has 0 saturated heterocycles. The molecule has 0 aliphatic heterocycles. The van der Waals surface area contributed by atoms with Crippen LogP contribution in [0, 0.1) is 17.3 Å². The van der Waals surface area contributed by atoms with Gasteiger partial charge in [0.2, 0.25) is 0 Å². The molecule has 0 bridgehead atoms. The molecule has 0 amide bonds. The quantitative estimate of drug-likeness (QED) is 0.392. The Morgan fingerprint density at radius 1 is 1.38 bits per heavy atom. The number of hydrogen-bond donors (Lipinski definition) is 0. The Morgan fingerprint density at radius 3 is 2.62 bits per heavy atom. The van der Waals surface area contributed by atoms with Crippen LogP contribution in [-0.4, -0.2) is 12.6 Å². The Labute approximate surface area is 99.1 Å². The first kappa shape index (κ1) is 13.3. The van der Waals surface area contributed by atoms with Crippen LogP contribution in [0.3, 0.4) is 0 Å². The van der Waals surface area contributed by atoms with Crippen LogP contribution in [0.25, 0.3) is 0 Å². The maximum Gasteiger partial charge on any atom is 0.310 e. The number of ether oxygens (including phenoxy) is 1. The summed E-state index contributed by atoms with van der Waals surface area (Å²) in [6, 6.07) is 0. The third-order valence-corrected chi connectivity index (χ3v) is 3.52. The summed E-state index contributed by atoms with van der Waals surface area (Å²) in [4.78, 5) is 11.7. The topological polar surface area (TPSA) is 26.3 Å². The van der Waals surface area contributed by atoms with Crippen LogP contribution in [0.5, 0.6) is 0 Å². The van der Waals surface area contributed by atoms with Gasteiger partial charge in [-0.1, -0.05) is 45.8 Å². The number of rotatable bonds is 6. The number of hydrogen-bond acceptors (Lipinski definition) is 2. The summed E-state index contributed by atoms with van der Waals surface area (Å²) in [5.41, 5.74) is 0.0922. The zero-order valence-electron chi connectivity index (χ0n) is 11.0.